The third kappa shape index (κ3) is 1.54. The predicted molar refractivity (Wildman–Crippen MR) is 58.6 cm³/mol. The Bertz CT molecular complexity index is 645. The molecule has 0 atom stereocenters. The van der Waals surface area contributed by atoms with Crippen LogP contribution >= 0.6 is 0 Å². The lowest BCUT2D eigenvalue weighted by Crippen LogP contribution is -2.19. The summed E-state index contributed by atoms with van der Waals surface area (Å²) in [4.78, 5) is 3.99. The third-order valence-electron chi connectivity index (χ3n) is 2.34. The maximum absolute atomic E-state index is 11.5. The topological polar surface area (TPSA) is 84.2 Å². The number of hydrogen-bond donors (Lipinski definition) is 2. The Morgan fingerprint density at radius 3 is 2.81 bits per heavy atom. The van der Waals surface area contributed by atoms with Crippen LogP contribution in [0.1, 0.15) is 0 Å². The molecule has 0 fully saturated rings. The average molecular weight is 241 g/mol. The highest BCUT2D eigenvalue weighted by atomic mass is 32.2. The highest BCUT2D eigenvalue weighted by Gasteiger charge is 2.17. The molecule has 0 aliphatic heterocycles. The maximum atomic E-state index is 11.5. The molecule has 0 aromatic carbocycles. The minimum Gasteiger partial charge on any atom is -0.507 e. The Labute approximate surface area is 92.6 Å². The Morgan fingerprint density at radius 2 is 2.19 bits per heavy atom. The van der Waals surface area contributed by atoms with Crippen LogP contribution in [-0.2, 0) is 17.1 Å². The van der Waals surface area contributed by atoms with E-state index in [-0.39, 0.29) is 10.8 Å². The molecule has 2 N–H and O–H groups in total. The van der Waals surface area contributed by atoms with Gasteiger partial charge < -0.3 is 9.67 Å². The SMILES string of the molecule is CNS(=O)(=O)c1cc(O)c2ccn(C)c2n1. The van der Waals surface area contributed by atoms with Crippen LogP contribution in [0, 0.1) is 0 Å². The second-order valence-corrected chi connectivity index (χ2v) is 5.18. The summed E-state index contributed by atoms with van der Waals surface area (Å²) in [6.07, 6.45) is 1.70. The standard InChI is InChI=1S/C9H11N3O3S/c1-10-16(14,15)8-5-7(13)6-3-4-12(2)9(6)11-8/h3-5,10H,1-2H3,(H,11,13). The van der Waals surface area contributed by atoms with Gasteiger partial charge in [-0.1, -0.05) is 0 Å². The first-order chi connectivity index (χ1) is 7.45. The van der Waals surface area contributed by atoms with Gasteiger partial charge in [-0.15, -0.1) is 0 Å². The molecule has 0 spiro atoms. The van der Waals surface area contributed by atoms with Gasteiger partial charge in [0.25, 0.3) is 10.0 Å². The molecule has 0 unspecified atom stereocenters. The molecule has 0 radical (unpaired) electrons. The van der Waals surface area contributed by atoms with Gasteiger partial charge in [0.05, 0.1) is 5.39 Å². The van der Waals surface area contributed by atoms with E-state index >= 15 is 0 Å². The van der Waals surface area contributed by atoms with Crippen LogP contribution in [0.25, 0.3) is 11.0 Å². The zero-order valence-corrected chi connectivity index (χ0v) is 9.61. The van der Waals surface area contributed by atoms with Crippen molar-refractivity contribution < 1.29 is 13.5 Å². The van der Waals surface area contributed by atoms with Crippen LogP contribution in [0.3, 0.4) is 0 Å². The van der Waals surface area contributed by atoms with Crippen molar-refractivity contribution >= 4 is 21.1 Å². The molecule has 2 aromatic rings. The monoisotopic (exact) mass is 241 g/mol. The summed E-state index contributed by atoms with van der Waals surface area (Å²) >= 11 is 0. The number of hydrogen-bond acceptors (Lipinski definition) is 4. The third-order valence-corrected chi connectivity index (χ3v) is 3.63. The normalized spacial score (nSPS) is 12.1. The quantitative estimate of drug-likeness (QED) is 0.786. The Morgan fingerprint density at radius 1 is 1.50 bits per heavy atom. The molecule has 0 saturated heterocycles. The molecule has 86 valence electrons. The van der Waals surface area contributed by atoms with Gasteiger partial charge >= 0.3 is 0 Å². The van der Waals surface area contributed by atoms with Gasteiger partial charge in [0.1, 0.15) is 11.4 Å². The molecular formula is C9H11N3O3S. The lowest BCUT2D eigenvalue weighted by atomic mass is 10.3. The van der Waals surface area contributed by atoms with Crippen molar-refractivity contribution in [3.63, 3.8) is 0 Å². The average Bonchev–Trinajstić information content (AvgIpc) is 2.61. The lowest BCUT2D eigenvalue weighted by molar-refractivity contribution is 0.478. The summed E-state index contributed by atoms with van der Waals surface area (Å²) < 4.78 is 26.9. The van der Waals surface area contributed by atoms with Crippen LogP contribution in [0.2, 0.25) is 0 Å². The number of sulfonamides is 1. The fourth-order valence-corrected chi connectivity index (χ4v) is 2.12. The van der Waals surface area contributed by atoms with Crippen LogP contribution in [-0.4, -0.2) is 30.1 Å². The van der Waals surface area contributed by atoms with Gasteiger partial charge in [-0.2, -0.15) is 0 Å². The Kier molecular flexibility index (Phi) is 2.36. The molecule has 0 saturated carbocycles. The summed E-state index contributed by atoms with van der Waals surface area (Å²) in [6.45, 7) is 0. The Hall–Kier alpha value is -1.60. The number of aromatic hydroxyl groups is 1. The second-order valence-electron chi connectivity index (χ2n) is 3.35. The molecule has 0 aliphatic carbocycles. The minimum absolute atomic E-state index is 0.0978. The highest BCUT2D eigenvalue weighted by Crippen LogP contribution is 2.26. The number of aryl methyl sites for hydroxylation is 1. The van der Waals surface area contributed by atoms with Gasteiger partial charge in [-0.25, -0.2) is 18.1 Å². The van der Waals surface area contributed by atoms with E-state index in [9.17, 15) is 13.5 Å². The number of nitrogens with one attached hydrogen (secondary N) is 1. The first-order valence-electron chi connectivity index (χ1n) is 4.54. The van der Waals surface area contributed by atoms with Crippen molar-refractivity contribution in [1.82, 2.24) is 14.3 Å². The number of aromatic nitrogens is 2. The molecule has 0 amide bonds. The highest BCUT2D eigenvalue weighted by molar-refractivity contribution is 7.89. The van der Waals surface area contributed by atoms with E-state index in [0.29, 0.717) is 11.0 Å². The summed E-state index contributed by atoms with van der Waals surface area (Å²) in [5.74, 6) is -0.0978. The molecule has 2 heterocycles. The van der Waals surface area contributed by atoms with Gasteiger partial charge in [0.15, 0.2) is 5.03 Å². The Balaban J connectivity index is 2.80. The molecule has 2 aromatic heterocycles. The first-order valence-corrected chi connectivity index (χ1v) is 6.02. The van der Waals surface area contributed by atoms with Crippen molar-refractivity contribution in [3.8, 4) is 5.75 Å². The van der Waals surface area contributed by atoms with Crippen LogP contribution in [0.5, 0.6) is 5.75 Å². The minimum atomic E-state index is -3.64. The van der Waals surface area contributed by atoms with Crippen molar-refractivity contribution in [1.29, 1.82) is 0 Å². The van der Waals surface area contributed by atoms with E-state index < -0.39 is 10.0 Å². The van der Waals surface area contributed by atoms with E-state index in [2.05, 4.69) is 9.71 Å². The first kappa shape index (κ1) is 10.9. The molecule has 6 nitrogen and oxygen atoms in total. The van der Waals surface area contributed by atoms with Crippen molar-refractivity contribution in [2.24, 2.45) is 7.05 Å². The largest absolute Gasteiger partial charge is 0.507 e. The molecular weight excluding hydrogens is 230 g/mol. The predicted octanol–water partition coefficient (Wildman–Crippen LogP) is 0.187. The van der Waals surface area contributed by atoms with Crippen molar-refractivity contribution in [2.45, 2.75) is 5.03 Å². The van der Waals surface area contributed by atoms with Crippen LogP contribution in [0.4, 0.5) is 0 Å². The van der Waals surface area contributed by atoms with E-state index in [4.69, 9.17) is 0 Å². The number of nitrogens with zero attached hydrogens (tertiary/aromatic N) is 2. The fraction of sp³-hybridized carbons (Fsp3) is 0.222. The number of pyridine rings is 1. The molecule has 16 heavy (non-hydrogen) atoms. The summed E-state index contributed by atoms with van der Waals surface area (Å²) in [5.41, 5.74) is 0.425. The second kappa shape index (κ2) is 3.46. The van der Waals surface area contributed by atoms with Crippen LogP contribution in [0.15, 0.2) is 23.4 Å². The molecule has 0 bridgehead atoms. The van der Waals surface area contributed by atoms with Gasteiger partial charge in [-0.05, 0) is 13.1 Å². The summed E-state index contributed by atoms with van der Waals surface area (Å²) in [5, 5.41) is 10.0. The smallest absolute Gasteiger partial charge is 0.257 e. The number of fused-ring (bicyclic) bond motifs is 1. The van der Waals surface area contributed by atoms with E-state index in [1.807, 2.05) is 0 Å². The molecule has 0 aliphatic rings. The van der Waals surface area contributed by atoms with E-state index in [1.54, 1.807) is 23.9 Å². The van der Waals surface area contributed by atoms with Crippen LogP contribution < -0.4 is 4.72 Å². The fourth-order valence-electron chi connectivity index (χ4n) is 1.43. The van der Waals surface area contributed by atoms with Crippen molar-refractivity contribution in [3.05, 3.63) is 18.3 Å². The summed E-state index contributed by atoms with van der Waals surface area (Å²) in [6, 6.07) is 2.81. The van der Waals surface area contributed by atoms with Gasteiger partial charge in [-0.3, -0.25) is 0 Å². The van der Waals surface area contributed by atoms with E-state index in [0.717, 1.165) is 6.07 Å². The van der Waals surface area contributed by atoms with Gasteiger partial charge in [0.2, 0.25) is 0 Å². The number of rotatable bonds is 2. The van der Waals surface area contributed by atoms with Gasteiger partial charge in [0, 0.05) is 19.3 Å². The van der Waals surface area contributed by atoms with E-state index in [1.165, 1.54) is 7.05 Å². The lowest BCUT2D eigenvalue weighted by Gasteiger charge is -2.04. The van der Waals surface area contributed by atoms with Crippen molar-refractivity contribution in [2.75, 3.05) is 7.05 Å². The molecule has 7 heteroatoms. The molecule has 2 rings (SSSR count). The maximum Gasteiger partial charge on any atom is 0.257 e. The zero-order chi connectivity index (χ0) is 11.9. The zero-order valence-electron chi connectivity index (χ0n) is 8.80. The summed E-state index contributed by atoms with van der Waals surface area (Å²) in [7, 11) is -0.620.